The highest BCUT2D eigenvalue weighted by Crippen LogP contribution is 2.37. The third-order valence-electron chi connectivity index (χ3n) is 2.72. The van der Waals surface area contributed by atoms with Gasteiger partial charge >= 0.3 is 0 Å². The number of hydrogen-bond acceptors (Lipinski definition) is 2. The molecule has 78 valence electrons. The van der Waals surface area contributed by atoms with Crippen LogP contribution in [-0.4, -0.2) is 17.0 Å². The second-order valence-corrected chi connectivity index (χ2v) is 7.19. The molecule has 1 aliphatic heterocycles. The highest BCUT2D eigenvalue weighted by atomic mass is 79.9. The van der Waals surface area contributed by atoms with Gasteiger partial charge in [0.1, 0.15) is 0 Å². The van der Waals surface area contributed by atoms with Crippen LogP contribution in [0, 0.1) is 6.92 Å². The Morgan fingerprint density at radius 1 is 1.43 bits per heavy atom. The largest absolute Gasteiger partial charge is 0.242 e. The highest BCUT2D eigenvalue weighted by Gasteiger charge is 2.21. The van der Waals surface area contributed by atoms with Gasteiger partial charge in [0.25, 0.3) is 0 Å². The molecule has 0 spiro atoms. The van der Waals surface area contributed by atoms with E-state index in [-0.39, 0.29) is 0 Å². The minimum Gasteiger partial charge on any atom is -0.242 e. The van der Waals surface area contributed by atoms with Crippen LogP contribution >= 0.6 is 43.4 Å². The predicted molar refractivity (Wildman–Crippen MR) is 69.2 cm³/mol. The minimum absolute atomic E-state index is 0.777. The summed E-state index contributed by atoms with van der Waals surface area (Å²) >= 11 is 9.03. The molecule has 0 radical (unpaired) electrons. The number of nitrogens with zero attached hydrogens (tertiary/aromatic N) is 1. The van der Waals surface area contributed by atoms with Crippen LogP contribution in [0.15, 0.2) is 9.85 Å². The number of rotatable bonds is 1. The number of hydrogen-bond donors (Lipinski definition) is 0. The van der Waals surface area contributed by atoms with Crippen molar-refractivity contribution in [1.29, 1.82) is 0 Å². The van der Waals surface area contributed by atoms with Crippen LogP contribution in [0.4, 0.5) is 0 Å². The van der Waals surface area contributed by atoms with E-state index in [0.29, 0.717) is 0 Å². The Bertz CT molecular complexity index is 296. The van der Waals surface area contributed by atoms with Crippen molar-refractivity contribution in [3.8, 4) is 0 Å². The third-order valence-corrected chi connectivity index (χ3v) is 5.73. The van der Waals surface area contributed by atoms with Gasteiger partial charge in [-0.3, -0.25) is 0 Å². The smallest absolute Gasteiger partial charge is 0.0730 e. The highest BCUT2D eigenvalue weighted by molar-refractivity contribution is 9.11. The maximum atomic E-state index is 3.59. The first-order valence-corrected chi connectivity index (χ1v) is 7.15. The van der Waals surface area contributed by atoms with E-state index < -0.39 is 0 Å². The van der Waals surface area contributed by atoms with Gasteiger partial charge in [0.05, 0.1) is 3.79 Å². The zero-order valence-electron chi connectivity index (χ0n) is 8.09. The summed E-state index contributed by atoms with van der Waals surface area (Å²) in [6.45, 7) is 4.50. The summed E-state index contributed by atoms with van der Waals surface area (Å²) in [6.07, 6.45) is 2.55. The van der Waals surface area contributed by atoms with E-state index in [0.717, 1.165) is 5.92 Å². The fourth-order valence-corrected chi connectivity index (χ4v) is 3.97. The lowest BCUT2D eigenvalue weighted by atomic mass is 9.96. The molecule has 0 atom stereocenters. The number of aryl methyl sites for hydroxylation is 1. The molecule has 0 N–H and O–H groups in total. The maximum Gasteiger partial charge on any atom is 0.0730 e. The van der Waals surface area contributed by atoms with Gasteiger partial charge in [-0.15, -0.1) is 11.3 Å². The summed E-state index contributed by atoms with van der Waals surface area (Å²) < 4.78 is 3.53. The quantitative estimate of drug-likeness (QED) is 0.690. The predicted octanol–water partition coefficient (Wildman–Crippen LogP) is 4.31. The zero-order chi connectivity index (χ0) is 10.1. The molecule has 0 saturated carbocycles. The lowest BCUT2D eigenvalue weighted by molar-refractivity contribution is 0.358. The Labute approximate surface area is 106 Å². The average molecular weight is 339 g/mol. The van der Waals surface area contributed by atoms with Crippen molar-refractivity contribution >= 4 is 43.4 Å². The van der Waals surface area contributed by atoms with Crippen LogP contribution in [-0.2, 0) is 0 Å². The third kappa shape index (κ3) is 2.40. The Morgan fingerprint density at radius 2 is 2.07 bits per heavy atom. The second-order valence-electron chi connectivity index (χ2n) is 3.79. The molecule has 2 rings (SSSR count). The molecular weight excluding hydrogens is 326 g/mol. The van der Waals surface area contributed by atoms with E-state index in [9.17, 15) is 0 Å². The summed E-state index contributed by atoms with van der Waals surface area (Å²) in [7, 11) is 0. The summed E-state index contributed by atoms with van der Waals surface area (Å²) in [5, 5.41) is 0. The molecule has 1 fully saturated rings. The van der Waals surface area contributed by atoms with Crippen molar-refractivity contribution in [3.05, 3.63) is 20.3 Å². The first-order chi connectivity index (χ1) is 6.66. The molecule has 1 nitrogen and oxygen atoms in total. The Balaban J connectivity index is 2.08. The average Bonchev–Trinajstić information content (AvgIpc) is 2.48. The topological polar surface area (TPSA) is 3.24 Å². The Kier molecular flexibility index (Phi) is 3.68. The molecule has 0 unspecified atom stereocenters. The van der Waals surface area contributed by atoms with Gasteiger partial charge in [-0.25, -0.2) is 3.93 Å². The van der Waals surface area contributed by atoms with E-state index in [1.807, 2.05) is 11.3 Å². The molecule has 1 aromatic rings. The summed E-state index contributed by atoms with van der Waals surface area (Å²) in [4.78, 5) is 1.55. The zero-order valence-corrected chi connectivity index (χ0v) is 12.1. The van der Waals surface area contributed by atoms with Gasteiger partial charge in [0.2, 0.25) is 0 Å². The molecule has 1 saturated heterocycles. The van der Waals surface area contributed by atoms with Crippen LogP contribution in [0.3, 0.4) is 0 Å². The van der Waals surface area contributed by atoms with E-state index >= 15 is 0 Å². The van der Waals surface area contributed by atoms with Gasteiger partial charge in [-0.1, -0.05) is 0 Å². The van der Waals surface area contributed by atoms with Gasteiger partial charge < -0.3 is 0 Å². The second kappa shape index (κ2) is 4.64. The maximum absolute atomic E-state index is 3.59. The first kappa shape index (κ1) is 11.1. The van der Waals surface area contributed by atoms with Crippen LogP contribution in [0.5, 0.6) is 0 Å². The Morgan fingerprint density at radius 3 is 2.57 bits per heavy atom. The van der Waals surface area contributed by atoms with Crippen LogP contribution in [0.1, 0.15) is 29.2 Å². The van der Waals surface area contributed by atoms with E-state index in [4.69, 9.17) is 0 Å². The standard InChI is InChI=1S/C10H13Br2NS/c1-7-6-9(14-10(7)11)8-2-4-13(12)5-3-8/h6,8H,2-5H2,1H3. The molecule has 0 amide bonds. The van der Waals surface area contributed by atoms with Crippen LogP contribution < -0.4 is 0 Å². The van der Waals surface area contributed by atoms with E-state index in [2.05, 4.69) is 49.0 Å². The molecule has 14 heavy (non-hydrogen) atoms. The van der Waals surface area contributed by atoms with Gasteiger partial charge in [0, 0.05) is 34.1 Å². The van der Waals surface area contributed by atoms with E-state index in [1.54, 1.807) is 4.88 Å². The SMILES string of the molecule is Cc1cc(C2CCN(Br)CC2)sc1Br. The van der Waals surface area contributed by atoms with Crippen molar-refractivity contribution in [2.75, 3.05) is 13.1 Å². The molecule has 0 aromatic carbocycles. The van der Waals surface area contributed by atoms with Crippen molar-refractivity contribution in [1.82, 2.24) is 3.93 Å². The molecule has 0 aliphatic carbocycles. The van der Waals surface area contributed by atoms with Crippen molar-refractivity contribution < 1.29 is 0 Å². The van der Waals surface area contributed by atoms with Crippen molar-refractivity contribution in [3.63, 3.8) is 0 Å². The molecule has 1 aliphatic rings. The van der Waals surface area contributed by atoms with Crippen LogP contribution in [0.25, 0.3) is 0 Å². The lowest BCUT2D eigenvalue weighted by Crippen LogP contribution is -2.24. The van der Waals surface area contributed by atoms with Gasteiger partial charge in [0.15, 0.2) is 0 Å². The summed E-state index contributed by atoms with van der Waals surface area (Å²) in [5.41, 5.74) is 1.38. The molecule has 0 bridgehead atoms. The number of thiophene rings is 1. The van der Waals surface area contributed by atoms with Gasteiger partial charge in [-0.05, 0) is 53.2 Å². The number of piperidine rings is 1. The minimum atomic E-state index is 0.777. The van der Waals surface area contributed by atoms with Crippen LogP contribution in [0.2, 0.25) is 0 Å². The summed E-state index contributed by atoms with van der Waals surface area (Å²) in [6, 6.07) is 2.34. The number of halogens is 2. The van der Waals surface area contributed by atoms with E-state index in [1.165, 1.54) is 35.3 Å². The Hall–Kier alpha value is 0.620. The first-order valence-electron chi connectivity index (χ1n) is 4.83. The molecule has 4 heteroatoms. The monoisotopic (exact) mass is 337 g/mol. The lowest BCUT2D eigenvalue weighted by Gasteiger charge is -2.26. The summed E-state index contributed by atoms with van der Waals surface area (Å²) in [5.74, 6) is 0.777. The molecule has 1 aromatic heterocycles. The van der Waals surface area contributed by atoms with Gasteiger partial charge in [-0.2, -0.15) is 0 Å². The van der Waals surface area contributed by atoms with Crippen molar-refractivity contribution in [2.24, 2.45) is 0 Å². The molecular formula is C10H13Br2NS. The molecule has 2 heterocycles. The normalized spacial score (nSPS) is 20.2. The fourth-order valence-electron chi connectivity index (χ4n) is 1.82. The fraction of sp³-hybridized carbons (Fsp3) is 0.600. The van der Waals surface area contributed by atoms with Crippen molar-refractivity contribution in [2.45, 2.75) is 25.7 Å².